The van der Waals surface area contributed by atoms with Crippen LogP contribution in [0.2, 0.25) is 0 Å². The molecule has 0 spiro atoms. The number of hydrogen-bond donors (Lipinski definition) is 0. The van der Waals surface area contributed by atoms with Gasteiger partial charge in [-0.1, -0.05) is 42.5 Å². The van der Waals surface area contributed by atoms with E-state index in [1.165, 1.54) is 10.5 Å². The molecule has 1 aliphatic rings. The Balaban J connectivity index is 1.42. The summed E-state index contributed by atoms with van der Waals surface area (Å²) in [6, 6.07) is 21.8. The first kappa shape index (κ1) is 18.2. The molecule has 3 aromatic rings. The standard InChI is InChI=1S/C21H17N3O3S/c22-13-16-10-11-23-21(12-16)27-19-14-24(15-19)28(25,26)20-8-6-18(7-9-20)17-4-2-1-3-5-17/h1-12,19H,14-15H2. The van der Waals surface area contributed by atoms with E-state index in [9.17, 15) is 8.42 Å². The number of nitrogens with zero attached hydrogens (tertiary/aromatic N) is 3. The van der Waals surface area contributed by atoms with E-state index < -0.39 is 10.0 Å². The molecule has 1 fully saturated rings. The van der Waals surface area contributed by atoms with Gasteiger partial charge in [0.25, 0.3) is 0 Å². The van der Waals surface area contributed by atoms with Crippen LogP contribution in [0.1, 0.15) is 5.56 Å². The molecule has 2 heterocycles. The topological polar surface area (TPSA) is 83.3 Å². The number of rotatable bonds is 5. The second-order valence-electron chi connectivity index (χ2n) is 6.45. The van der Waals surface area contributed by atoms with Gasteiger partial charge in [0.2, 0.25) is 15.9 Å². The lowest BCUT2D eigenvalue weighted by molar-refractivity contribution is 0.0721. The maximum atomic E-state index is 12.8. The van der Waals surface area contributed by atoms with Crippen LogP contribution in [0.5, 0.6) is 5.88 Å². The molecule has 6 nitrogen and oxygen atoms in total. The molecule has 1 aliphatic heterocycles. The van der Waals surface area contributed by atoms with Crippen molar-refractivity contribution in [2.75, 3.05) is 13.1 Å². The fourth-order valence-electron chi connectivity index (χ4n) is 2.98. The zero-order chi connectivity index (χ0) is 19.6. The summed E-state index contributed by atoms with van der Waals surface area (Å²) in [5, 5.41) is 8.91. The van der Waals surface area contributed by atoms with Crippen molar-refractivity contribution in [3.8, 4) is 23.1 Å². The van der Waals surface area contributed by atoms with Gasteiger partial charge in [0, 0.05) is 12.3 Å². The molecule has 28 heavy (non-hydrogen) atoms. The smallest absolute Gasteiger partial charge is 0.243 e. The monoisotopic (exact) mass is 391 g/mol. The van der Waals surface area contributed by atoms with E-state index in [2.05, 4.69) is 4.98 Å². The van der Waals surface area contributed by atoms with Crippen molar-refractivity contribution in [3.05, 3.63) is 78.5 Å². The summed E-state index contributed by atoms with van der Waals surface area (Å²) in [6.45, 7) is 0.502. The number of benzene rings is 2. The van der Waals surface area contributed by atoms with Gasteiger partial charge in [-0.25, -0.2) is 13.4 Å². The number of ether oxygens (including phenoxy) is 1. The molecular weight excluding hydrogens is 374 g/mol. The lowest BCUT2D eigenvalue weighted by Gasteiger charge is -2.37. The van der Waals surface area contributed by atoms with Gasteiger partial charge in [0.1, 0.15) is 6.10 Å². The Morgan fingerprint density at radius 1 is 1.00 bits per heavy atom. The number of pyridine rings is 1. The van der Waals surface area contributed by atoms with Crippen LogP contribution in [0, 0.1) is 11.3 Å². The molecule has 7 heteroatoms. The van der Waals surface area contributed by atoms with E-state index in [1.807, 2.05) is 48.5 Å². The first-order valence-electron chi connectivity index (χ1n) is 8.75. The summed E-state index contributed by atoms with van der Waals surface area (Å²) in [7, 11) is -3.56. The third kappa shape index (κ3) is 3.60. The molecule has 0 aliphatic carbocycles. The Hall–Kier alpha value is -3.21. The summed E-state index contributed by atoms with van der Waals surface area (Å²) < 4.78 is 32.6. The van der Waals surface area contributed by atoms with Crippen LogP contribution in [-0.4, -0.2) is 36.9 Å². The SMILES string of the molecule is N#Cc1ccnc(OC2CN(S(=O)(=O)c3ccc(-c4ccccc4)cc3)C2)c1. The predicted octanol–water partition coefficient (Wildman–Crippen LogP) is 3.07. The molecule has 2 aromatic carbocycles. The lowest BCUT2D eigenvalue weighted by atomic mass is 10.1. The van der Waals surface area contributed by atoms with Crippen LogP contribution in [0.3, 0.4) is 0 Å². The Morgan fingerprint density at radius 2 is 1.68 bits per heavy atom. The molecule has 0 radical (unpaired) electrons. The number of sulfonamides is 1. The minimum atomic E-state index is -3.56. The zero-order valence-corrected chi connectivity index (χ0v) is 15.7. The van der Waals surface area contributed by atoms with Crippen molar-refractivity contribution in [2.24, 2.45) is 0 Å². The third-order valence-electron chi connectivity index (χ3n) is 4.57. The fraction of sp³-hybridized carbons (Fsp3) is 0.143. The molecule has 0 N–H and O–H groups in total. The highest BCUT2D eigenvalue weighted by molar-refractivity contribution is 7.89. The van der Waals surface area contributed by atoms with Crippen molar-refractivity contribution in [1.29, 1.82) is 5.26 Å². The summed E-state index contributed by atoms with van der Waals surface area (Å²) in [5.41, 5.74) is 2.45. The molecule has 0 atom stereocenters. The van der Waals surface area contributed by atoms with Crippen LogP contribution in [0.25, 0.3) is 11.1 Å². The van der Waals surface area contributed by atoms with Gasteiger partial charge in [-0.15, -0.1) is 0 Å². The molecule has 1 aromatic heterocycles. The minimum absolute atomic E-state index is 0.251. The van der Waals surface area contributed by atoms with Gasteiger partial charge in [0.05, 0.1) is 29.6 Å². The second kappa shape index (κ2) is 7.43. The van der Waals surface area contributed by atoms with Crippen molar-refractivity contribution in [2.45, 2.75) is 11.0 Å². The molecule has 0 unspecified atom stereocenters. The van der Waals surface area contributed by atoms with Gasteiger partial charge < -0.3 is 4.74 Å². The normalized spacial score (nSPS) is 14.8. The Morgan fingerprint density at radius 3 is 2.36 bits per heavy atom. The Labute approximate surface area is 163 Å². The van der Waals surface area contributed by atoms with E-state index in [-0.39, 0.29) is 24.1 Å². The van der Waals surface area contributed by atoms with Crippen molar-refractivity contribution in [1.82, 2.24) is 9.29 Å². The Kier molecular flexibility index (Phi) is 4.82. The quantitative estimate of drug-likeness (QED) is 0.667. The van der Waals surface area contributed by atoms with Crippen molar-refractivity contribution >= 4 is 10.0 Å². The second-order valence-corrected chi connectivity index (χ2v) is 8.38. The van der Waals surface area contributed by atoms with Crippen molar-refractivity contribution < 1.29 is 13.2 Å². The van der Waals surface area contributed by atoms with E-state index >= 15 is 0 Å². The summed E-state index contributed by atoms with van der Waals surface area (Å²) >= 11 is 0. The van der Waals surface area contributed by atoms with Crippen LogP contribution >= 0.6 is 0 Å². The average molecular weight is 391 g/mol. The number of hydrogen-bond acceptors (Lipinski definition) is 5. The van der Waals surface area contributed by atoms with E-state index in [1.54, 1.807) is 24.3 Å². The molecule has 0 amide bonds. The fourth-order valence-corrected chi connectivity index (χ4v) is 4.49. The molecular formula is C21H17N3O3S. The maximum Gasteiger partial charge on any atom is 0.243 e. The van der Waals surface area contributed by atoms with Crippen LogP contribution in [0.4, 0.5) is 0 Å². The van der Waals surface area contributed by atoms with E-state index in [0.29, 0.717) is 11.4 Å². The van der Waals surface area contributed by atoms with E-state index in [4.69, 9.17) is 10.00 Å². The summed E-state index contributed by atoms with van der Waals surface area (Å²) in [4.78, 5) is 4.31. The third-order valence-corrected chi connectivity index (χ3v) is 6.41. The van der Waals surface area contributed by atoms with Crippen LogP contribution < -0.4 is 4.74 Å². The lowest BCUT2D eigenvalue weighted by Crippen LogP contribution is -2.56. The van der Waals surface area contributed by atoms with Crippen LogP contribution in [-0.2, 0) is 10.0 Å². The van der Waals surface area contributed by atoms with Crippen molar-refractivity contribution in [3.63, 3.8) is 0 Å². The van der Waals surface area contributed by atoms with Gasteiger partial charge >= 0.3 is 0 Å². The van der Waals surface area contributed by atoms with Gasteiger partial charge in [-0.05, 0) is 29.3 Å². The predicted molar refractivity (Wildman–Crippen MR) is 104 cm³/mol. The average Bonchev–Trinajstić information content (AvgIpc) is 2.71. The Bertz CT molecular complexity index is 1120. The first-order chi connectivity index (χ1) is 13.6. The number of nitriles is 1. The highest BCUT2D eigenvalue weighted by Gasteiger charge is 2.38. The zero-order valence-electron chi connectivity index (χ0n) is 14.9. The maximum absolute atomic E-state index is 12.8. The summed E-state index contributed by atoms with van der Waals surface area (Å²) in [5.74, 6) is 0.327. The van der Waals surface area contributed by atoms with Gasteiger partial charge in [-0.3, -0.25) is 0 Å². The largest absolute Gasteiger partial charge is 0.471 e. The highest BCUT2D eigenvalue weighted by Crippen LogP contribution is 2.26. The van der Waals surface area contributed by atoms with Gasteiger partial charge in [-0.2, -0.15) is 9.57 Å². The molecule has 0 saturated carbocycles. The molecule has 140 valence electrons. The molecule has 1 saturated heterocycles. The number of aromatic nitrogens is 1. The minimum Gasteiger partial charge on any atom is -0.471 e. The molecule has 0 bridgehead atoms. The van der Waals surface area contributed by atoms with E-state index in [0.717, 1.165) is 11.1 Å². The van der Waals surface area contributed by atoms with Crippen LogP contribution in [0.15, 0.2) is 77.8 Å². The van der Waals surface area contributed by atoms with Gasteiger partial charge in [0.15, 0.2) is 0 Å². The summed E-state index contributed by atoms with van der Waals surface area (Å²) in [6.07, 6.45) is 1.22. The highest BCUT2D eigenvalue weighted by atomic mass is 32.2. The first-order valence-corrected chi connectivity index (χ1v) is 10.2. The molecule has 4 rings (SSSR count).